The fourth-order valence-electron chi connectivity index (χ4n) is 2.32. The first kappa shape index (κ1) is 21.3. The van der Waals surface area contributed by atoms with Gasteiger partial charge in [0.1, 0.15) is 11.6 Å². The standard InChI is InChI=1S/C21H20N2O6/c1-3-27-16-6-4-5-7-17(16)28-13-20(24)29-18-9-8-14(11-19(18)26-2)10-15(12-22)21(23)25/h4-11H,3,13H2,1-2H3,(H2,23,25)/b15-10+. The van der Waals surface area contributed by atoms with Crippen molar-refractivity contribution in [1.82, 2.24) is 0 Å². The summed E-state index contributed by atoms with van der Waals surface area (Å²) in [7, 11) is 1.40. The van der Waals surface area contributed by atoms with E-state index in [2.05, 4.69) is 0 Å². The van der Waals surface area contributed by atoms with Crippen LogP contribution >= 0.6 is 0 Å². The molecule has 0 aliphatic rings. The summed E-state index contributed by atoms with van der Waals surface area (Å²) in [6, 6.07) is 13.2. The maximum atomic E-state index is 12.2. The van der Waals surface area contributed by atoms with Crippen LogP contribution in [0.15, 0.2) is 48.0 Å². The van der Waals surface area contributed by atoms with Crippen LogP contribution in [0.4, 0.5) is 0 Å². The predicted octanol–water partition coefficient (Wildman–Crippen LogP) is 2.47. The lowest BCUT2D eigenvalue weighted by molar-refractivity contribution is -0.136. The number of rotatable bonds is 9. The number of primary amides is 1. The summed E-state index contributed by atoms with van der Waals surface area (Å²) in [5, 5.41) is 8.92. The third-order valence-corrected chi connectivity index (χ3v) is 3.60. The average molecular weight is 396 g/mol. The molecule has 2 rings (SSSR count). The Balaban J connectivity index is 2.09. The fourth-order valence-corrected chi connectivity index (χ4v) is 2.32. The zero-order valence-electron chi connectivity index (χ0n) is 16.0. The Morgan fingerprint density at radius 3 is 2.34 bits per heavy atom. The molecule has 2 N–H and O–H groups in total. The van der Waals surface area contributed by atoms with Crippen molar-refractivity contribution in [2.45, 2.75) is 6.92 Å². The van der Waals surface area contributed by atoms with Crippen LogP contribution in [0.5, 0.6) is 23.0 Å². The molecule has 2 aromatic carbocycles. The molecule has 0 heterocycles. The number of esters is 1. The van der Waals surface area contributed by atoms with Gasteiger partial charge in [0, 0.05) is 0 Å². The molecule has 0 fully saturated rings. The number of amides is 1. The van der Waals surface area contributed by atoms with Gasteiger partial charge in [0.05, 0.1) is 13.7 Å². The number of carbonyl (C=O) groups excluding carboxylic acids is 2. The van der Waals surface area contributed by atoms with Crippen molar-refractivity contribution >= 4 is 18.0 Å². The first-order valence-electron chi connectivity index (χ1n) is 8.63. The molecular formula is C21H20N2O6. The molecule has 0 bridgehead atoms. The average Bonchev–Trinajstić information content (AvgIpc) is 2.72. The van der Waals surface area contributed by atoms with E-state index >= 15 is 0 Å². The summed E-state index contributed by atoms with van der Waals surface area (Å²) in [5.41, 5.74) is 5.39. The number of para-hydroxylation sites is 2. The molecule has 0 unspecified atom stereocenters. The summed E-state index contributed by atoms with van der Waals surface area (Å²) in [4.78, 5) is 23.3. The molecule has 150 valence electrons. The molecule has 0 aliphatic carbocycles. The number of hydrogen-bond donors (Lipinski definition) is 1. The summed E-state index contributed by atoms with van der Waals surface area (Å²) < 4.78 is 21.4. The van der Waals surface area contributed by atoms with Crippen molar-refractivity contribution in [3.05, 3.63) is 53.6 Å². The highest BCUT2D eigenvalue weighted by Gasteiger charge is 2.13. The summed E-state index contributed by atoms with van der Waals surface area (Å²) >= 11 is 0. The highest BCUT2D eigenvalue weighted by atomic mass is 16.6. The van der Waals surface area contributed by atoms with Gasteiger partial charge in [-0.1, -0.05) is 18.2 Å². The topological polar surface area (TPSA) is 121 Å². The number of ether oxygens (including phenoxy) is 4. The van der Waals surface area contributed by atoms with Gasteiger partial charge in [-0.05, 0) is 42.8 Å². The Morgan fingerprint density at radius 1 is 1.07 bits per heavy atom. The Kier molecular flexibility index (Phi) is 7.62. The Labute approximate surface area is 168 Å². The molecule has 0 atom stereocenters. The highest BCUT2D eigenvalue weighted by Crippen LogP contribution is 2.30. The van der Waals surface area contributed by atoms with Gasteiger partial charge < -0.3 is 24.7 Å². The summed E-state index contributed by atoms with van der Waals surface area (Å²) in [5.74, 6) is -0.134. The normalized spacial score (nSPS) is 10.6. The third-order valence-electron chi connectivity index (χ3n) is 3.60. The van der Waals surface area contributed by atoms with E-state index in [9.17, 15) is 9.59 Å². The maximum Gasteiger partial charge on any atom is 0.349 e. The number of nitrogens with two attached hydrogens (primary N) is 1. The number of carbonyl (C=O) groups is 2. The maximum absolute atomic E-state index is 12.2. The number of methoxy groups -OCH3 is 1. The predicted molar refractivity (Wildman–Crippen MR) is 105 cm³/mol. The van der Waals surface area contributed by atoms with Crippen LogP contribution in [0.2, 0.25) is 0 Å². The van der Waals surface area contributed by atoms with Crippen molar-refractivity contribution in [3.8, 4) is 29.1 Å². The molecule has 0 radical (unpaired) electrons. The highest BCUT2D eigenvalue weighted by molar-refractivity contribution is 6.00. The SMILES string of the molecule is CCOc1ccccc1OCC(=O)Oc1ccc(/C=C(\C#N)C(N)=O)cc1OC. The summed E-state index contributed by atoms with van der Waals surface area (Å²) in [6.07, 6.45) is 1.31. The van der Waals surface area contributed by atoms with E-state index in [1.54, 1.807) is 36.4 Å². The minimum absolute atomic E-state index is 0.161. The lowest BCUT2D eigenvalue weighted by Crippen LogP contribution is -2.18. The van der Waals surface area contributed by atoms with E-state index in [0.29, 0.717) is 23.7 Å². The van der Waals surface area contributed by atoms with Crippen LogP contribution in [-0.2, 0) is 9.59 Å². The van der Waals surface area contributed by atoms with Gasteiger partial charge in [-0.3, -0.25) is 4.79 Å². The number of nitrogens with zero attached hydrogens (tertiary/aromatic N) is 1. The van der Waals surface area contributed by atoms with Crippen molar-refractivity contribution in [1.29, 1.82) is 5.26 Å². The smallest absolute Gasteiger partial charge is 0.349 e. The molecular weight excluding hydrogens is 376 g/mol. The second-order valence-corrected chi connectivity index (χ2v) is 5.59. The van der Waals surface area contributed by atoms with Crippen LogP contribution in [0, 0.1) is 11.3 Å². The second-order valence-electron chi connectivity index (χ2n) is 5.59. The molecule has 8 heteroatoms. The van der Waals surface area contributed by atoms with Gasteiger partial charge in [-0.25, -0.2) is 4.79 Å². The number of hydrogen-bond acceptors (Lipinski definition) is 7. The largest absolute Gasteiger partial charge is 0.493 e. The lowest BCUT2D eigenvalue weighted by atomic mass is 10.1. The first-order valence-corrected chi connectivity index (χ1v) is 8.63. The summed E-state index contributed by atoms with van der Waals surface area (Å²) in [6.45, 7) is 1.97. The van der Waals surface area contributed by atoms with E-state index in [4.69, 9.17) is 29.9 Å². The van der Waals surface area contributed by atoms with Crippen LogP contribution in [0.25, 0.3) is 6.08 Å². The quantitative estimate of drug-likeness (QED) is 0.299. The van der Waals surface area contributed by atoms with Gasteiger partial charge >= 0.3 is 5.97 Å². The van der Waals surface area contributed by atoms with Crippen LogP contribution in [-0.4, -0.2) is 32.2 Å². The van der Waals surface area contributed by atoms with E-state index in [1.807, 2.05) is 6.92 Å². The minimum atomic E-state index is -0.841. The van der Waals surface area contributed by atoms with Gasteiger partial charge in [0.25, 0.3) is 5.91 Å². The van der Waals surface area contributed by atoms with Crippen molar-refractivity contribution in [3.63, 3.8) is 0 Å². The molecule has 0 saturated carbocycles. The van der Waals surface area contributed by atoms with Gasteiger partial charge in [-0.2, -0.15) is 5.26 Å². The Bertz CT molecular complexity index is 962. The number of nitriles is 1. The van der Waals surface area contributed by atoms with Crippen LogP contribution < -0.4 is 24.7 Å². The molecule has 29 heavy (non-hydrogen) atoms. The van der Waals surface area contributed by atoms with Crippen LogP contribution in [0.3, 0.4) is 0 Å². The molecule has 2 aromatic rings. The zero-order valence-corrected chi connectivity index (χ0v) is 16.0. The van der Waals surface area contributed by atoms with E-state index < -0.39 is 11.9 Å². The van der Waals surface area contributed by atoms with Crippen molar-refractivity contribution < 1.29 is 28.5 Å². The molecule has 8 nitrogen and oxygen atoms in total. The third kappa shape index (κ3) is 6.01. The van der Waals surface area contributed by atoms with E-state index in [0.717, 1.165) is 0 Å². The monoisotopic (exact) mass is 396 g/mol. The van der Waals surface area contributed by atoms with Crippen LogP contribution in [0.1, 0.15) is 12.5 Å². The Hall–Kier alpha value is -3.99. The molecule has 1 amide bonds. The lowest BCUT2D eigenvalue weighted by Gasteiger charge is -2.12. The zero-order chi connectivity index (χ0) is 21.2. The molecule has 0 aromatic heterocycles. The van der Waals surface area contributed by atoms with Gasteiger partial charge in [0.2, 0.25) is 0 Å². The van der Waals surface area contributed by atoms with Crippen molar-refractivity contribution in [2.24, 2.45) is 5.73 Å². The molecule has 0 spiro atoms. The second kappa shape index (κ2) is 10.4. The molecule has 0 aliphatic heterocycles. The van der Waals surface area contributed by atoms with Gasteiger partial charge in [0.15, 0.2) is 29.6 Å². The number of benzene rings is 2. The first-order chi connectivity index (χ1) is 14.0. The minimum Gasteiger partial charge on any atom is -0.493 e. The Morgan fingerprint density at radius 2 is 1.76 bits per heavy atom. The van der Waals surface area contributed by atoms with E-state index in [1.165, 1.54) is 25.3 Å². The molecule has 0 saturated heterocycles. The van der Waals surface area contributed by atoms with E-state index in [-0.39, 0.29) is 23.7 Å². The fraction of sp³-hybridized carbons (Fsp3) is 0.190. The van der Waals surface area contributed by atoms with Gasteiger partial charge in [-0.15, -0.1) is 0 Å². The van der Waals surface area contributed by atoms with Crippen molar-refractivity contribution in [2.75, 3.05) is 20.3 Å².